The summed E-state index contributed by atoms with van der Waals surface area (Å²) in [6, 6.07) is 15.4. The molecule has 0 saturated carbocycles. The number of pyridine rings is 2. The number of nitrogens with one attached hydrogen (secondary N) is 2. The summed E-state index contributed by atoms with van der Waals surface area (Å²) in [5.41, 5.74) is 4.98. The summed E-state index contributed by atoms with van der Waals surface area (Å²) in [5.74, 6) is 0. The number of fused-ring (bicyclic) bond motifs is 4. The van der Waals surface area contributed by atoms with Gasteiger partial charge in [0.1, 0.15) is 0 Å². The third-order valence-electron chi connectivity index (χ3n) is 6.32. The molecule has 0 unspecified atom stereocenters. The first-order chi connectivity index (χ1) is 15.0. The van der Waals surface area contributed by atoms with E-state index in [1.165, 1.54) is 0 Å². The minimum absolute atomic E-state index is 0.000859. The lowest BCUT2D eigenvalue weighted by Crippen LogP contribution is -2.22. The van der Waals surface area contributed by atoms with Crippen molar-refractivity contribution in [1.29, 1.82) is 0 Å². The van der Waals surface area contributed by atoms with Gasteiger partial charge < -0.3 is 14.9 Å². The van der Waals surface area contributed by atoms with Crippen LogP contribution in [0.1, 0.15) is 26.3 Å². The van der Waals surface area contributed by atoms with E-state index < -0.39 is 0 Å². The maximum atomic E-state index is 13.4. The molecule has 2 aromatic heterocycles. The standard InChI is InChI=1S/C26H25N3O2/c1-4-15-8-7-9-21-24(15)26(31)19-14-22-18(13-23(19)28-21)25(30)17-12-16(29(5-2)6-3)10-11-20(17)27-22/h7-14H,4-6H2,1-3H3,(H,27,30)(H,28,31). The van der Waals surface area contributed by atoms with Crippen LogP contribution in [0.2, 0.25) is 0 Å². The Kier molecular flexibility index (Phi) is 4.54. The molecule has 0 bridgehead atoms. The highest BCUT2D eigenvalue weighted by Crippen LogP contribution is 2.25. The van der Waals surface area contributed by atoms with E-state index in [1.54, 1.807) is 0 Å². The molecule has 5 nitrogen and oxygen atoms in total. The third-order valence-corrected chi connectivity index (χ3v) is 6.32. The van der Waals surface area contributed by atoms with Crippen molar-refractivity contribution < 1.29 is 0 Å². The molecule has 5 heteroatoms. The number of hydrogen-bond acceptors (Lipinski definition) is 3. The van der Waals surface area contributed by atoms with Gasteiger partial charge in [0, 0.05) is 45.8 Å². The van der Waals surface area contributed by atoms with E-state index in [0.717, 1.165) is 47.2 Å². The van der Waals surface area contributed by atoms with E-state index in [1.807, 2.05) is 48.5 Å². The lowest BCUT2D eigenvalue weighted by Gasteiger charge is -2.21. The molecule has 0 aliphatic heterocycles. The highest BCUT2D eigenvalue weighted by Gasteiger charge is 2.13. The summed E-state index contributed by atoms with van der Waals surface area (Å²) < 4.78 is 0. The van der Waals surface area contributed by atoms with Crippen molar-refractivity contribution in [3.63, 3.8) is 0 Å². The number of aryl methyl sites for hydroxylation is 1. The quantitative estimate of drug-likeness (QED) is 0.405. The molecule has 0 aliphatic carbocycles. The minimum atomic E-state index is -0.0251. The predicted octanol–water partition coefficient (Wildman–Crippen LogP) is 5.08. The second-order valence-corrected chi connectivity index (χ2v) is 7.95. The lowest BCUT2D eigenvalue weighted by atomic mass is 10.0. The topological polar surface area (TPSA) is 69.0 Å². The number of benzene rings is 3. The number of anilines is 1. The molecule has 0 atom stereocenters. The van der Waals surface area contributed by atoms with Gasteiger partial charge in [-0.1, -0.05) is 19.1 Å². The van der Waals surface area contributed by atoms with Crippen LogP contribution in [0, 0.1) is 0 Å². The van der Waals surface area contributed by atoms with E-state index in [9.17, 15) is 9.59 Å². The average molecular weight is 412 g/mol. The van der Waals surface area contributed by atoms with Gasteiger partial charge in [-0.15, -0.1) is 0 Å². The van der Waals surface area contributed by atoms with Gasteiger partial charge in [0.2, 0.25) is 0 Å². The number of aromatic nitrogens is 2. The Balaban J connectivity index is 1.86. The first-order valence-corrected chi connectivity index (χ1v) is 10.9. The van der Waals surface area contributed by atoms with E-state index in [0.29, 0.717) is 27.2 Å². The van der Waals surface area contributed by atoms with Crippen LogP contribution in [0.25, 0.3) is 43.6 Å². The van der Waals surface area contributed by atoms with E-state index >= 15 is 0 Å². The van der Waals surface area contributed by atoms with Crippen molar-refractivity contribution in [2.45, 2.75) is 27.2 Å². The number of H-pyrrole nitrogens is 2. The molecule has 0 amide bonds. The Morgan fingerprint density at radius 1 is 0.710 bits per heavy atom. The molecule has 0 saturated heterocycles. The zero-order chi connectivity index (χ0) is 21.7. The summed E-state index contributed by atoms with van der Waals surface area (Å²) in [6.45, 7) is 8.03. The Morgan fingerprint density at radius 2 is 1.35 bits per heavy atom. The first kappa shape index (κ1) is 19.4. The van der Waals surface area contributed by atoms with E-state index in [2.05, 4.69) is 35.6 Å². The van der Waals surface area contributed by atoms with Gasteiger partial charge in [-0.25, -0.2) is 0 Å². The Bertz CT molecular complexity index is 1590. The molecule has 5 aromatic rings. The molecule has 0 fully saturated rings. The van der Waals surface area contributed by atoms with Crippen molar-refractivity contribution >= 4 is 49.3 Å². The second-order valence-electron chi connectivity index (χ2n) is 7.95. The summed E-state index contributed by atoms with van der Waals surface area (Å²) in [6.07, 6.45) is 0.788. The van der Waals surface area contributed by atoms with Crippen LogP contribution in [0.5, 0.6) is 0 Å². The summed E-state index contributed by atoms with van der Waals surface area (Å²) in [7, 11) is 0. The lowest BCUT2D eigenvalue weighted by molar-refractivity contribution is 0.867. The molecule has 2 N–H and O–H groups in total. The first-order valence-electron chi connectivity index (χ1n) is 10.9. The zero-order valence-electron chi connectivity index (χ0n) is 18.0. The molecule has 5 rings (SSSR count). The van der Waals surface area contributed by atoms with Gasteiger partial charge in [-0.2, -0.15) is 0 Å². The summed E-state index contributed by atoms with van der Waals surface area (Å²) in [4.78, 5) is 35.7. The normalized spacial score (nSPS) is 11.7. The fraction of sp³-hybridized carbons (Fsp3) is 0.231. The van der Waals surface area contributed by atoms with Crippen LogP contribution >= 0.6 is 0 Å². The third kappa shape index (κ3) is 2.92. The van der Waals surface area contributed by atoms with Crippen LogP contribution < -0.4 is 15.8 Å². The fourth-order valence-corrected chi connectivity index (χ4v) is 4.63. The van der Waals surface area contributed by atoms with Crippen molar-refractivity contribution in [1.82, 2.24) is 9.97 Å². The van der Waals surface area contributed by atoms with Crippen molar-refractivity contribution in [2.75, 3.05) is 18.0 Å². The van der Waals surface area contributed by atoms with Crippen molar-refractivity contribution in [3.8, 4) is 0 Å². The number of nitrogens with zero attached hydrogens (tertiary/aromatic N) is 1. The molecular weight excluding hydrogens is 386 g/mol. The summed E-state index contributed by atoms with van der Waals surface area (Å²) in [5, 5.41) is 2.56. The number of hydrogen-bond donors (Lipinski definition) is 2. The molecule has 31 heavy (non-hydrogen) atoms. The van der Waals surface area contributed by atoms with Crippen LogP contribution in [-0.4, -0.2) is 23.1 Å². The van der Waals surface area contributed by atoms with E-state index in [4.69, 9.17) is 0 Å². The van der Waals surface area contributed by atoms with E-state index in [-0.39, 0.29) is 10.9 Å². The molecule has 0 radical (unpaired) electrons. The van der Waals surface area contributed by atoms with Crippen molar-refractivity contribution in [3.05, 3.63) is 74.5 Å². The fourth-order valence-electron chi connectivity index (χ4n) is 4.63. The van der Waals surface area contributed by atoms with Gasteiger partial charge in [-0.3, -0.25) is 9.59 Å². The largest absolute Gasteiger partial charge is 0.372 e. The highest BCUT2D eigenvalue weighted by atomic mass is 16.1. The molecule has 156 valence electrons. The number of aromatic amines is 2. The second kappa shape index (κ2) is 7.27. The van der Waals surface area contributed by atoms with Gasteiger partial charge in [0.15, 0.2) is 10.9 Å². The average Bonchev–Trinajstić information content (AvgIpc) is 2.79. The van der Waals surface area contributed by atoms with Crippen LogP contribution in [-0.2, 0) is 6.42 Å². The summed E-state index contributed by atoms with van der Waals surface area (Å²) >= 11 is 0. The Hall–Kier alpha value is -3.60. The predicted molar refractivity (Wildman–Crippen MR) is 131 cm³/mol. The highest BCUT2D eigenvalue weighted by molar-refractivity contribution is 6.03. The Labute approximate surface area is 179 Å². The Morgan fingerprint density at radius 3 is 2.03 bits per heavy atom. The number of rotatable bonds is 4. The molecule has 0 spiro atoms. The van der Waals surface area contributed by atoms with Gasteiger partial charge in [0.05, 0.1) is 16.6 Å². The maximum absolute atomic E-state index is 13.4. The van der Waals surface area contributed by atoms with Gasteiger partial charge >= 0.3 is 0 Å². The monoisotopic (exact) mass is 411 g/mol. The minimum Gasteiger partial charge on any atom is -0.372 e. The molecule has 2 heterocycles. The van der Waals surface area contributed by atoms with Crippen molar-refractivity contribution in [2.24, 2.45) is 0 Å². The molecular formula is C26H25N3O2. The van der Waals surface area contributed by atoms with Crippen LogP contribution in [0.15, 0.2) is 58.1 Å². The van der Waals surface area contributed by atoms with Crippen LogP contribution in [0.3, 0.4) is 0 Å². The van der Waals surface area contributed by atoms with Gasteiger partial charge in [0.25, 0.3) is 0 Å². The van der Waals surface area contributed by atoms with Gasteiger partial charge in [-0.05, 0) is 62.2 Å². The molecule has 3 aromatic carbocycles. The smallest absolute Gasteiger partial charge is 0.197 e. The van der Waals surface area contributed by atoms with Crippen LogP contribution in [0.4, 0.5) is 5.69 Å². The SMILES string of the molecule is CCc1cccc2[nH]c3cc4c(=O)c5cc(N(CC)CC)ccc5[nH]c4cc3c(=O)c12. The zero-order valence-corrected chi connectivity index (χ0v) is 18.0. The maximum Gasteiger partial charge on any atom is 0.197 e. The molecule has 0 aliphatic rings.